The van der Waals surface area contributed by atoms with Gasteiger partial charge in [0.2, 0.25) is 0 Å². The highest BCUT2D eigenvalue weighted by Gasteiger charge is 2.30. The molecule has 0 aliphatic carbocycles. The SMILES string of the molecule is COc1c(C(=O)CC(C)C)ccc2c1C(=O)OCc1cc(C)cc(C#CC(C)(C)c3ccc(C)cc3)c1O2. The third-order valence-electron chi connectivity index (χ3n) is 6.59. The van der Waals surface area contributed by atoms with Crippen LogP contribution < -0.4 is 9.47 Å². The number of esters is 1. The fourth-order valence-corrected chi connectivity index (χ4v) is 4.52. The molecule has 0 unspecified atom stereocenters. The Balaban J connectivity index is 1.81. The second-order valence-corrected chi connectivity index (χ2v) is 10.8. The van der Waals surface area contributed by atoms with Gasteiger partial charge in [-0.05, 0) is 69.0 Å². The number of carbonyl (C=O) groups is 2. The molecule has 0 bridgehead atoms. The molecule has 38 heavy (non-hydrogen) atoms. The Morgan fingerprint density at radius 3 is 2.42 bits per heavy atom. The van der Waals surface area contributed by atoms with Crippen molar-refractivity contribution in [2.45, 2.75) is 60.0 Å². The number of ether oxygens (including phenoxy) is 3. The molecule has 196 valence electrons. The monoisotopic (exact) mass is 510 g/mol. The summed E-state index contributed by atoms with van der Waals surface area (Å²) < 4.78 is 17.6. The Kier molecular flexibility index (Phi) is 7.64. The minimum Gasteiger partial charge on any atom is -0.495 e. The summed E-state index contributed by atoms with van der Waals surface area (Å²) in [5.41, 5.74) is 4.76. The number of fused-ring (bicyclic) bond motifs is 2. The van der Waals surface area contributed by atoms with E-state index in [-0.39, 0.29) is 35.4 Å². The first kappa shape index (κ1) is 27.0. The van der Waals surface area contributed by atoms with Gasteiger partial charge in [-0.3, -0.25) is 4.79 Å². The topological polar surface area (TPSA) is 61.8 Å². The van der Waals surface area contributed by atoms with Crippen molar-refractivity contribution < 1.29 is 23.8 Å². The Morgan fingerprint density at radius 2 is 1.76 bits per heavy atom. The van der Waals surface area contributed by atoms with Crippen LogP contribution in [0, 0.1) is 31.6 Å². The molecular formula is C33H34O5. The molecule has 4 rings (SSSR count). The van der Waals surface area contributed by atoms with Crippen molar-refractivity contribution in [3.05, 3.63) is 87.5 Å². The zero-order valence-corrected chi connectivity index (χ0v) is 23.2. The summed E-state index contributed by atoms with van der Waals surface area (Å²) in [6.07, 6.45) is 0.337. The molecule has 3 aromatic carbocycles. The fourth-order valence-electron chi connectivity index (χ4n) is 4.52. The van der Waals surface area contributed by atoms with Crippen molar-refractivity contribution in [1.82, 2.24) is 0 Å². The fraction of sp³-hybridized carbons (Fsp3) is 0.333. The van der Waals surface area contributed by atoms with Crippen LogP contribution >= 0.6 is 0 Å². The zero-order valence-electron chi connectivity index (χ0n) is 23.2. The molecule has 0 radical (unpaired) electrons. The van der Waals surface area contributed by atoms with Gasteiger partial charge in [-0.25, -0.2) is 4.79 Å². The van der Waals surface area contributed by atoms with E-state index in [1.54, 1.807) is 12.1 Å². The van der Waals surface area contributed by atoms with Crippen LogP contribution in [0.3, 0.4) is 0 Å². The smallest absolute Gasteiger partial charge is 0.346 e. The lowest BCUT2D eigenvalue weighted by Gasteiger charge is -2.22. The van der Waals surface area contributed by atoms with Gasteiger partial charge >= 0.3 is 5.97 Å². The van der Waals surface area contributed by atoms with Crippen LogP contribution in [0.25, 0.3) is 0 Å². The number of hydrogen-bond acceptors (Lipinski definition) is 5. The molecule has 1 aliphatic heterocycles. The number of benzene rings is 3. The Bertz CT molecular complexity index is 1450. The first-order chi connectivity index (χ1) is 18.0. The van der Waals surface area contributed by atoms with Gasteiger partial charge in [0.1, 0.15) is 29.4 Å². The Labute approximate surface area is 225 Å². The Hall–Kier alpha value is -4.04. The molecule has 0 amide bonds. The van der Waals surface area contributed by atoms with Gasteiger partial charge in [-0.15, -0.1) is 0 Å². The number of hydrogen-bond donors (Lipinski definition) is 0. The zero-order chi connectivity index (χ0) is 27.6. The summed E-state index contributed by atoms with van der Waals surface area (Å²) in [5.74, 6) is 7.17. The van der Waals surface area contributed by atoms with Gasteiger partial charge < -0.3 is 14.2 Å². The highest BCUT2D eigenvalue weighted by Crippen LogP contribution is 2.41. The van der Waals surface area contributed by atoms with Crippen LogP contribution in [0.15, 0.2) is 48.5 Å². The van der Waals surface area contributed by atoms with E-state index >= 15 is 0 Å². The van der Waals surface area contributed by atoms with Crippen LogP contribution in [-0.2, 0) is 16.8 Å². The maximum atomic E-state index is 13.1. The summed E-state index contributed by atoms with van der Waals surface area (Å²) in [4.78, 5) is 26.0. The van der Waals surface area contributed by atoms with E-state index in [0.29, 0.717) is 23.3 Å². The molecule has 1 aliphatic rings. The van der Waals surface area contributed by atoms with E-state index in [1.807, 2.05) is 32.9 Å². The quantitative estimate of drug-likeness (QED) is 0.204. The third-order valence-corrected chi connectivity index (χ3v) is 6.59. The second-order valence-electron chi connectivity index (χ2n) is 10.8. The van der Waals surface area contributed by atoms with Crippen LogP contribution in [0.5, 0.6) is 17.2 Å². The van der Waals surface area contributed by atoms with Crippen molar-refractivity contribution in [3.8, 4) is 29.1 Å². The second kappa shape index (κ2) is 10.8. The number of cyclic esters (lactones) is 1. The number of ketones is 1. The van der Waals surface area contributed by atoms with Gasteiger partial charge in [0.15, 0.2) is 5.78 Å². The number of Topliss-reactive ketones (excluding diaryl/α,β-unsaturated/α-hetero) is 1. The number of methoxy groups -OCH3 is 1. The summed E-state index contributed by atoms with van der Waals surface area (Å²) in [5, 5.41) is 0. The minimum absolute atomic E-state index is 0.0125. The molecule has 0 N–H and O–H groups in total. The van der Waals surface area contributed by atoms with Gasteiger partial charge in [-0.2, -0.15) is 0 Å². The largest absolute Gasteiger partial charge is 0.495 e. The highest BCUT2D eigenvalue weighted by atomic mass is 16.5. The van der Waals surface area contributed by atoms with Crippen molar-refractivity contribution >= 4 is 11.8 Å². The first-order valence-electron chi connectivity index (χ1n) is 12.8. The lowest BCUT2D eigenvalue weighted by atomic mass is 9.84. The molecule has 5 nitrogen and oxygen atoms in total. The van der Waals surface area contributed by atoms with E-state index in [2.05, 4.69) is 56.9 Å². The van der Waals surface area contributed by atoms with E-state index in [1.165, 1.54) is 12.7 Å². The van der Waals surface area contributed by atoms with Crippen molar-refractivity contribution in [2.75, 3.05) is 7.11 Å². The predicted molar refractivity (Wildman–Crippen MR) is 148 cm³/mol. The van der Waals surface area contributed by atoms with E-state index in [0.717, 1.165) is 16.7 Å². The first-order valence-corrected chi connectivity index (χ1v) is 12.8. The summed E-state index contributed by atoms with van der Waals surface area (Å²) in [7, 11) is 1.44. The molecule has 0 saturated heterocycles. The van der Waals surface area contributed by atoms with Gasteiger partial charge in [0, 0.05) is 12.0 Å². The lowest BCUT2D eigenvalue weighted by Crippen LogP contribution is -2.16. The van der Waals surface area contributed by atoms with Crippen molar-refractivity contribution in [2.24, 2.45) is 5.92 Å². The average molecular weight is 511 g/mol. The average Bonchev–Trinajstić information content (AvgIpc) is 2.85. The maximum Gasteiger partial charge on any atom is 0.346 e. The molecule has 0 spiro atoms. The van der Waals surface area contributed by atoms with Crippen LogP contribution in [0.4, 0.5) is 0 Å². The molecule has 0 aromatic heterocycles. The molecule has 0 fully saturated rings. The number of carbonyl (C=O) groups excluding carboxylic acids is 2. The predicted octanol–water partition coefficient (Wildman–Crippen LogP) is 7.33. The summed E-state index contributed by atoms with van der Waals surface area (Å²) >= 11 is 0. The Morgan fingerprint density at radius 1 is 1.05 bits per heavy atom. The van der Waals surface area contributed by atoms with Crippen LogP contribution in [-0.4, -0.2) is 18.9 Å². The number of aryl methyl sites for hydroxylation is 2. The molecule has 0 saturated carbocycles. The molecule has 1 heterocycles. The standard InChI is InChI=1S/C33H34O5/c1-20(2)16-27(34)26-12-13-28-29(31(26)36-7)32(35)37-19-24-18-22(4)17-23(30(24)38-28)14-15-33(5,6)25-10-8-21(3)9-11-25/h8-13,17-18,20H,16,19H2,1-7H3. The van der Waals surface area contributed by atoms with Gasteiger partial charge in [0.05, 0.1) is 23.7 Å². The molecule has 0 atom stereocenters. The summed E-state index contributed by atoms with van der Waals surface area (Å²) in [6.45, 7) is 12.2. The van der Waals surface area contributed by atoms with Gasteiger partial charge in [0.25, 0.3) is 0 Å². The summed E-state index contributed by atoms with van der Waals surface area (Å²) in [6, 6.07) is 15.6. The van der Waals surface area contributed by atoms with Crippen molar-refractivity contribution in [1.29, 1.82) is 0 Å². The van der Waals surface area contributed by atoms with E-state index < -0.39 is 11.4 Å². The van der Waals surface area contributed by atoms with Crippen LogP contribution in [0.1, 0.15) is 82.6 Å². The molecule has 3 aromatic rings. The highest BCUT2D eigenvalue weighted by molar-refractivity contribution is 6.05. The van der Waals surface area contributed by atoms with Gasteiger partial charge in [-0.1, -0.05) is 55.5 Å². The van der Waals surface area contributed by atoms with E-state index in [4.69, 9.17) is 14.2 Å². The maximum absolute atomic E-state index is 13.1. The normalized spacial score (nSPS) is 12.7. The third kappa shape index (κ3) is 5.60. The van der Waals surface area contributed by atoms with Crippen molar-refractivity contribution in [3.63, 3.8) is 0 Å². The lowest BCUT2D eigenvalue weighted by molar-refractivity contribution is 0.0455. The molecular weight excluding hydrogens is 476 g/mol. The molecule has 5 heteroatoms. The van der Waals surface area contributed by atoms with Crippen LogP contribution in [0.2, 0.25) is 0 Å². The minimum atomic E-state index is -0.601. The van der Waals surface area contributed by atoms with E-state index in [9.17, 15) is 9.59 Å². The number of rotatable bonds is 5.